The Bertz CT molecular complexity index is 399. The van der Waals surface area contributed by atoms with Gasteiger partial charge in [-0.05, 0) is 25.0 Å². The van der Waals surface area contributed by atoms with Crippen molar-refractivity contribution >= 4 is 5.97 Å². The van der Waals surface area contributed by atoms with E-state index in [-0.39, 0.29) is 11.9 Å². The fraction of sp³-hybridized carbons (Fsp3) is 0.615. The highest BCUT2D eigenvalue weighted by Gasteiger charge is 2.35. The van der Waals surface area contributed by atoms with Crippen LogP contribution in [-0.2, 0) is 16.1 Å². The minimum absolute atomic E-state index is 0.00365. The fourth-order valence-corrected chi connectivity index (χ4v) is 2.44. The Labute approximate surface area is 102 Å². The summed E-state index contributed by atoms with van der Waals surface area (Å²) in [5, 5.41) is 0. The molecule has 17 heavy (non-hydrogen) atoms. The van der Waals surface area contributed by atoms with Gasteiger partial charge in [-0.1, -0.05) is 6.92 Å². The van der Waals surface area contributed by atoms with Crippen molar-refractivity contribution in [1.82, 2.24) is 4.90 Å². The normalized spacial score (nSPS) is 25.1. The van der Waals surface area contributed by atoms with Crippen molar-refractivity contribution in [2.24, 2.45) is 11.8 Å². The van der Waals surface area contributed by atoms with E-state index in [0.717, 1.165) is 31.2 Å². The molecule has 0 saturated carbocycles. The number of hydrogen-bond donors (Lipinski definition) is 0. The van der Waals surface area contributed by atoms with Crippen molar-refractivity contribution in [2.75, 3.05) is 20.2 Å². The molecule has 4 heteroatoms. The third-order valence-electron chi connectivity index (χ3n) is 3.37. The van der Waals surface area contributed by atoms with Crippen LogP contribution in [0.1, 0.15) is 18.4 Å². The monoisotopic (exact) mass is 237 g/mol. The van der Waals surface area contributed by atoms with Gasteiger partial charge < -0.3 is 9.15 Å². The Hall–Kier alpha value is -1.29. The molecule has 1 aliphatic rings. The lowest BCUT2D eigenvalue weighted by Gasteiger charge is -2.13. The van der Waals surface area contributed by atoms with E-state index < -0.39 is 0 Å². The van der Waals surface area contributed by atoms with Gasteiger partial charge in [0.2, 0.25) is 0 Å². The lowest BCUT2D eigenvalue weighted by molar-refractivity contribution is -0.146. The number of carbonyl (C=O) groups is 1. The van der Waals surface area contributed by atoms with Gasteiger partial charge in [-0.25, -0.2) is 0 Å². The predicted octanol–water partition coefficient (Wildman–Crippen LogP) is 1.83. The van der Waals surface area contributed by atoms with Crippen LogP contribution in [0.4, 0.5) is 0 Å². The fourth-order valence-electron chi connectivity index (χ4n) is 2.44. The molecule has 1 aromatic rings. The van der Waals surface area contributed by atoms with Gasteiger partial charge in [-0.2, -0.15) is 0 Å². The second-order valence-electron chi connectivity index (χ2n) is 4.81. The Kier molecular flexibility index (Phi) is 3.52. The summed E-state index contributed by atoms with van der Waals surface area (Å²) in [6, 6.07) is 3.96. The number of hydrogen-bond acceptors (Lipinski definition) is 4. The summed E-state index contributed by atoms with van der Waals surface area (Å²) < 4.78 is 10.4. The Morgan fingerprint density at radius 3 is 2.88 bits per heavy atom. The maximum Gasteiger partial charge on any atom is 0.310 e. The van der Waals surface area contributed by atoms with E-state index in [1.165, 1.54) is 7.11 Å². The molecule has 2 heterocycles. The van der Waals surface area contributed by atoms with Crippen molar-refractivity contribution in [1.29, 1.82) is 0 Å². The third kappa shape index (κ3) is 2.69. The molecule has 0 N–H and O–H groups in total. The molecule has 2 rings (SSSR count). The zero-order chi connectivity index (χ0) is 12.4. The molecule has 1 aliphatic heterocycles. The smallest absolute Gasteiger partial charge is 0.310 e. The van der Waals surface area contributed by atoms with Crippen LogP contribution < -0.4 is 0 Å². The van der Waals surface area contributed by atoms with Crippen molar-refractivity contribution < 1.29 is 13.9 Å². The van der Waals surface area contributed by atoms with Crippen molar-refractivity contribution in [3.63, 3.8) is 0 Å². The van der Waals surface area contributed by atoms with Crippen LogP contribution in [0, 0.1) is 18.8 Å². The molecular formula is C13H19NO3. The highest BCUT2D eigenvalue weighted by molar-refractivity contribution is 5.73. The third-order valence-corrected chi connectivity index (χ3v) is 3.37. The molecule has 0 radical (unpaired) electrons. The van der Waals surface area contributed by atoms with Crippen LogP contribution in [0.15, 0.2) is 16.5 Å². The van der Waals surface area contributed by atoms with Gasteiger partial charge in [-0.15, -0.1) is 0 Å². The van der Waals surface area contributed by atoms with Crippen molar-refractivity contribution in [3.8, 4) is 0 Å². The summed E-state index contributed by atoms with van der Waals surface area (Å²) in [6.07, 6.45) is 0. The molecule has 4 nitrogen and oxygen atoms in total. The Morgan fingerprint density at radius 2 is 2.29 bits per heavy atom. The lowest BCUT2D eigenvalue weighted by atomic mass is 9.99. The van der Waals surface area contributed by atoms with E-state index in [1.54, 1.807) is 0 Å². The molecule has 0 spiro atoms. The number of aryl methyl sites for hydroxylation is 1. The highest BCUT2D eigenvalue weighted by atomic mass is 16.5. The van der Waals surface area contributed by atoms with Crippen molar-refractivity contribution in [3.05, 3.63) is 23.7 Å². The first-order valence-corrected chi connectivity index (χ1v) is 5.95. The largest absolute Gasteiger partial charge is 0.469 e. The molecule has 0 bridgehead atoms. The van der Waals surface area contributed by atoms with Gasteiger partial charge in [0, 0.05) is 13.1 Å². The van der Waals surface area contributed by atoms with Gasteiger partial charge in [0.1, 0.15) is 11.5 Å². The number of carbonyl (C=O) groups excluding carboxylic acids is 1. The van der Waals surface area contributed by atoms with E-state index in [9.17, 15) is 4.79 Å². The summed E-state index contributed by atoms with van der Waals surface area (Å²) in [5.74, 6) is 2.13. The molecule has 1 fully saturated rings. The van der Waals surface area contributed by atoms with Gasteiger partial charge >= 0.3 is 5.97 Å². The highest BCUT2D eigenvalue weighted by Crippen LogP contribution is 2.25. The second-order valence-corrected chi connectivity index (χ2v) is 4.81. The molecule has 94 valence electrons. The quantitative estimate of drug-likeness (QED) is 0.752. The first kappa shape index (κ1) is 12.2. The Morgan fingerprint density at radius 1 is 1.53 bits per heavy atom. The number of esters is 1. The minimum atomic E-state index is -0.101. The van der Waals surface area contributed by atoms with Crippen LogP contribution >= 0.6 is 0 Å². The topological polar surface area (TPSA) is 42.7 Å². The van der Waals surface area contributed by atoms with E-state index in [1.807, 2.05) is 19.1 Å². The average molecular weight is 237 g/mol. The maximum absolute atomic E-state index is 11.6. The second kappa shape index (κ2) is 4.92. The van der Waals surface area contributed by atoms with E-state index in [4.69, 9.17) is 9.15 Å². The van der Waals surface area contributed by atoms with Gasteiger partial charge in [0.05, 0.1) is 19.6 Å². The average Bonchev–Trinajstić information content (AvgIpc) is 2.85. The number of methoxy groups -OCH3 is 1. The predicted molar refractivity (Wildman–Crippen MR) is 63.4 cm³/mol. The molecule has 0 amide bonds. The van der Waals surface area contributed by atoms with Crippen LogP contribution in [0.2, 0.25) is 0 Å². The summed E-state index contributed by atoms with van der Waals surface area (Å²) in [5.41, 5.74) is 0. The first-order chi connectivity index (χ1) is 8.10. The maximum atomic E-state index is 11.6. The number of ether oxygens (including phenoxy) is 1. The zero-order valence-electron chi connectivity index (χ0n) is 10.6. The molecule has 1 saturated heterocycles. The lowest BCUT2D eigenvalue weighted by Crippen LogP contribution is -2.24. The molecule has 0 aromatic carbocycles. The number of rotatable bonds is 3. The molecule has 1 aromatic heterocycles. The molecule has 0 aliphatic carbocycles. The first-order valence-electron chi connectivity index (χ1n) is 5.95. The van der Waals surface area contributed by atoms with E-state index in [2.05, 4.69) is 11.8 Å². The molecular weight excluding hydrogens is 218 g/mol. The van der Waals surface area contributed by atoms with Crippen LogP contribution in [0.3, 0.4) is 0 Å². The molecule has 2 atom stereocenters. The Balaban J connectivity index is 1.95. The summed E-state index contributed by atoms with van der Waals surface area (Å²) >= 11 is 0. The van der Waals surface area contributed by atoms with Crippen LogP contribution in [0.5, 0.6) is 0 Å². The van der Waals surface area contributed by atoms with E-state index >= 15 is 0 Å². The zero-order valence-corrected chi connectivity index (χ0v) is 10.6. The SMILES string of the molecule is COC(=O)C1CN(Cc2ccc(C)o2)CC1C. The number of furan rings is 1. The van der Waals surface area contributed by atoms with Crippen LogP contribution in [0.25, 0.3) is 0 Å². The summed E-state index contributed by atoms with van der Waals surface area (Å²) in [4.78, 5) is 13.8. The van der Waals surface area contributed by atoms with Crippen molar-refractivity contribution in [2.45, 2.75) is 20.4 Å². The minimum Gasteiger partial charge on any atom is -0.469 e. The summed E-state index contributed by atoms with van der Waals surface area (Å²) in [7, 11) is 1.45. The van der Waals surface area contributed by atoms with Gasteiger partial charge in [0.15, 0.2) is 0 Å². The van der Waals surface area contributed by atoms with Gasteiger partial charge in [-0.3, -0.25) is 9.69 Å². The molecule has 2 unspecified atom stereocenters. The number of likely N-dealkylation sites (tertiary alicyclic amines) is 1. The van der Waals surface area contributed by atoms with Gasteiger partial charge in [0.25, 0.3) is 0 Å². The van der Waals surface area contributed by atoms with E-state index in [0.29, 0.717) is 5.92 Å². The summed E-state index contributed by atoms with van der Waals surface area (Å²) in [6.45, 7) is 6.47. The number of nitrogens with zero attached hydrogens (tertiary/aromatic N) is 1. The standard InChI is InChI=1S/C13H19NO3/c1-9-6-14(8-12(9)13(15)16-3)7-11-5-4-10(2)17-11/h4-5,9,12H,6-8H2,1-3H3. The van der Waals surface area contributed by atoms with Crippen LogP contribution in [-0.4, -0.2) is 31.1 Å².